The zero-order chi connectivity index (χ0) is 18.0. The average Bonchev–Trinajstić information content (AvgIpc) is 3.39. The number of carbonyl (C=O) groups is 1. The number of fused-ring (bicyclic) bond motifs is 1. The van der Waals surface area contributed by atoms with E-state index in [4.69, 9.17) is 4.74 Å². The van der Waals surface area contributed by atoms with E-state index in [9.17, 15) is 4.79 Å². The molecule has 3 aliphatic carbocycles. The normalized spacial score (nSPS) is 32.8. The number of carbonyl (C=O) groups excluding carboxylic acids is 1. The van der Waals surface area contributed by atoms with Gasteiger partial charge in [0.25, 0.3) is 0 Å². The summed E-state index contributed by atoms with van der Waals surface area (Å²) in [6, 6.07) is 18.0. The molecule has 0 bridgehead atoms. The zero-order valence-corrected chi connectivity index (χ0v) is 15.4. The molecule has 2 aromatic carbocycles. The fourth-order valence-electron chi connectivity index (χ4n) is 5.76. The molecule has 2 saturated carbocycles. The molecule has 2 fully saturated rings. The van der Waals surface area contributed by atoms with E-state index < -0.39 is 0 Å². The molecule has 2 nitrogen and oxygen atoms in total. The molecule has 132 valence electrons. The molecule has 0 heterocycles. The maximum atomic E-state index is 12.8. The molecule has 0 unspecified atom stereocenters. The van der Waals surface area contributed by atoms with Crippen molar-refractivity contribution in [3.05, 3.63) is 77.4 Å². The molecule has 0 amide bonds. The summed E-state index contributed by atoms with van der Waals surface area (Å²) in [6.45, 7) is 4.75. The second kappa shape index (κ2) is 5.09. The van der Waals surface area contributed by atoms with Crippen molar-refractivity contribution in [2.45, 2.75) is 44.6 Å². The number of allylic oxidation sites excluding steroid dienone is 1. The Kier molecular flexibility index (Phi) is 3.11. The lowest BCUT2D eigenvalue weighted by Crippen LogP contribution is -2.47. The number of benzene rings is 2. The van der Waals surface area contributed by atoms with Crippen LogP contribution < -0.4 is 0 Å². The van der Waals surface area contributed by atoms with E-state index in [1.165, 1.54) is 11.1 Å². The summed E-state index contributed by atoms with van der Waals surface area (Å²) in [6.07, 6.45) is 7.72. The Hall–Kier alpha value is -2.35. The van der Waals surface area contributed by atoms with Gasteiger partial charge in [-0.3, -0.25) is 0 Å². The smallest absolute Gasteiger partial charge is 0.338 e. The summed E-state index contributed by atoms with van der Waals surface area (Å²) >= 11 is 0. The lowest BCUT2D eigenvalue weighted by Gasteiger charge is -2.47. The Morgan fingerprint density at radius 2 is 1.77 bits per heavy atom. The highest BCUT2D eigenvalue weighted by atomic mass is 16.5. The molecule has 0 aliphatic heterocycles. The van der Waals surface area contributed by atoms with Crippen molar-refractivity contribution in [1.29, 1.82) is 0 Å². The fraction of sp³-hybridized carbons (Fsp3) is 0.375. The molecular formula is C24H24O2. The van der Waals surface area contributed by atoms with Gasteiger partial charge in [0.05, 0.1) is 5.56 Å². The molecule has 2 heteroatoms. The van der Waals surface area contributed by atoms with Gasteiger partial charge in [0.1, 0.15) is 6.10 Å². The molecule has 0 radical (unpaired) electrons. The van der Waals surface area contributed by atoms with Crippen LogP contribution in [0.15, 0.2) is 60.7 Å². The SMILES string of the molecule is CC1(C)CC[C@@H](OC(=O)c2ccccc2)[C@@]23C[C@@]12C=Cc1ccccc13. The van der Waals surface area contributed by atoms with Crippen LogP contribution in [0.5, 0.6) is 0 Å². The monoisotopic (exact) mass is 344 g/mol. The van der Waals surface area contributed by atoms with E-state index in [0.29, 0.717) is 5.56 Å². The van der Waals surface area contributed by atoms with Gasteiger partial charge in [-0.1, -0.05) is 68.5 Å². The highest BCUT2D eigenvalue weighted by Crippen LogP contribution is 2.80. The largest absolute Gasteiger partial charge is 0.458 e. The van der Waals surface area contributed by atoms with Gasteiger partial charge >= 0.3 is 5.97 Å². The van der Waals surface area contributed by atoms with Crippen molar-refractivity contribution in [2.75, 3.05) is 0 Å². The van der Waals surface area contributed by atoms with E-state index in [1.54, 1.807) is 0 Å². The molecule has 5 rings (SSSR count). The molecule has 3 atom stereocenters. The summed E-state index contributed by atoms with van der Waals surface area (Å²) in [7, 11) is 0. The third-order valence-corrected chi connectivity index (χ3v) is 7.27. The van der Waals surface area contributed by atoms with E-state index in [0.717, 1.165) is 19.3 Å². The topological polar surface area (TPSA) is 26.3 Å². The van der Waals surface area contributed by atoms with Gasteiger partial charge in [0.15, 0.2) is 0 Å². The van der Waals surface area contributed by atoms with Gasteiger partial charge in [0.2, 0.25) is 0 Å². The summed E-state index contributed by atoms with van der Waals surface area (Å²) in [5.74, 6) is -0.197. The minimum atomic E-state index is -0.197. The molecule has 0 spiro atoms. The van der Waals surface area contributed by atoms with Crippen molar-refractivity contribution in [3.63, 3.8) is 0 Å². The average molecular weight is 344 g/mol. The van der Waals surface area contributed by atoms with Crippen LogP contribution in [0.25, 0.3) is 6.08 Å². The van der Waals surface area contributed by atoms with Crippen LogP contribution in [-0.2, 0) is 10.2 Å². The van der Waals surface area contributed by atoms with Crippen LogP contribution in [0, 0.1) is 10.8 Å². The number of hydrogen-bond acceptors (Lipinski definition) is 2. The van der Waals surface area contributed by atoms with Gasteiger partial charge in [-0.25, -0.2) is 4.79 Å². The van der Waals surface area contributed by atoms with Gasteiger partial charge in [-0.05, 0) is 47.9 Å². The first-order valence-corrected chi connectivity index (χ1v) is 9.55. The summed E-state index contributed by atoms with van der Waals surface area (Å²) in [5.41, 5.74) is 3.53. The lowest BCUT2D eigenvalue weighted by atomic mass is 9.58. The molecule has 26 heavy (non-hydrogen) atoms. The predicted molar refractivity (Wildman–Crippen MR) is 103 cm³/mol. The molecular weight excluding hydrogens is 320 g/mol. The number of ether oxygens (including phenoxy) is 1. The highest BCUT2D eigenvalue weighted by Gasteiger charge is 2.79. The standard InChI is InChI=1S/C24H24O2/c1-22(2)14-13-20(26-21(25)18-9-4-3-5-10-18)24-16-23(22,24)15-12-17-8-6-7-11-19(17)24/h3-12,15,20H,13-14,16H2,1-2H3/t20-,23+,24+/m1/s1. The Balaban J connectivity index is 1.57. The van der Waals surface area contributed by atoms with Crippen molar-refractivity contribution < 1.29 is 9.53 Å². The van der Waals surface area contributed by atoms with Gasteiger partial charge < -0.3 is 4.74 Å². The van der Waals surface area contributed by atoms with Crippen LogP contribution in [0.1, 0.15) is 54.6 Å². The predicted octanol–water partition coefficient (Wildman–Crippen LogP) is 5.39. The highest BCUT2D eigenvalue weighted by molar-refractivity contribution is 5.89. The minimum Gasteiger partial charge on any atom is -0.458 e. The van der Waals surface area contributed by atoms with Gasteiger partial charge in [-0.2, -0.15) is 0 Å². The first-order valence-electron chi connectivity index (χ1n) is 9.55. The van der Waals surface area contributed by atoms with Crippen LogP contribution in [0.4, 0.5) is 0 Å². The van der Waals surface area contributed by atoms with Crippen LogP contribution >= 0.6 is 0 Å². The van der Waals surface area contributed by atoms with E-state index in [1.807, 2.05) is 30.3 Å². The first-order chi connectivity index (χ1) is 12.5. The van der Waals surface area contributed by atoms with Crippen molar-refractivity contribution in [2.24, 2.45) is 10.8 Å². The Labute approximate surface area is 154 Å². The zero-order valence-electron chi connectivity index (χ0n) is 15.4. The Morgan fingerprint density at radius 3 is 2.58 bits per heavy atom. The van der Waals surface area contributed by atoms with Crippen molar-refractivity contribution in [3.8, 4) is 0 Å². The Morgan fingerprint density at radius 1 is 1.04 bits per heavy atom. The molecule has 0 N–H and O–H groups in total. The molecule has 3 aliphatic rings. The van der Waals surface area contributed by atoms with E-state index in [-0.39, 0.29) is 28.3 Å². The van der Waals surface area contributed by atoms with E-state index in [2.05, 4.69) is 50.3 Å². The fourth-order valence-corrected chi connectivity index (χ4v) is 5.76. The van der Waals surface area contributed by atoms with Crippen LogP contribution in [0.2, 0.25) is 0 Å². The second-order valence-corrected chi connectivity index (χ2v) is 8.72. The summed E-state index contributed by atoms with van der Waals surface area (Å²) < 4.78 is 6.16. The van der Waals surface area contributed by atoms with Crippen molar-refractivity contribution >= 4 is 12.0 Å². The molecule has 0 aromatic heterocycles. The van der Waals surface area contributed by atoms with Gasteiger partial charge in [-0.15, -0.1) is 0 Å². The second-order valence-electron chi connectivity index (χ2n) is 8.72. The summed E-state index contributed by atoms with van der Waals surface area (Å²) in [4.78, 5) is 12.8. The number of hydrogen-bond donors (Lipinski definition) is 0. The third-order valence-electron chi connectivity index (χ3n) is 7.27. The lowest BCUT2D eigenvalue weighted by molar-refractivity contribution is -0.0161. The van der Waals surface area contributed by atoms with Crippen molar-refractivity contribution in [1.82, 2.24) is 0 Å². The van der Waals surface area contributed by atoms with Gasteiger partial charge in [0, 0.05) is 10.8 Å². The molecule has 0 saturated heterocycles. The Bertz CT molecular complexity index is 911. The quantitative estimate of drug-likeness (QED) is 0.683. The summed E-state index contributed by atoms with van der Waals surface area (Å²) in [5, 5.41) is 0. The third kappa shape index (κ3) is 1.85. The van der Waals surface area contributed by atoms with Crippen LogP contribution in [0.3, 0.4) is 0 Å². The van der Waals surface area contributed by atoms with E-state index >= 15 is 0 Å². The number of rotatable bonds is 2. The number of esters is 1. The maximum absolute atomic E-state index is 12.8. The molecule has 2 aromatic rings. The van der Waals surface area contributed by atoms with Crippen LogP contribution in [-0.4, -0.2) is 12.1 Å². The maximum Gasteiger partial charge on any atom is 0.338 e. The first kappa shape index (κ1) is 15.9. The minimum absolute atomic E-state index is 0.0608.